The number of rotatable bonds is 4. The van der Waals surface area contributed by atoms with Gasteiger partial charge in [-0.1, -0.05) is 37.6 Å². The molecule has 0 amide bonds. The maximum Gasteiger partial charge on any atom is 0.135 e. The highest BCUT2D eigenvalue weighted by Crippen LogP contribution is 2.28. The standard InChI is InChI=1S/C22H32ClN5O/c1-15(2)20-13-28(19(14-29-20)11-16-3-5-17(23)6-4-16)18-7-9-27(10-8-18)22-12-21(24)25-26-22/h3-6,15,18-20H,7-14H2,1-2H3,(H2,24,25)/t19?,20-/m1/s1. The third-order valence-corrected chi connectivity index (χ3v) is 6.67. The van der Waals surface area contributed by atoms with Crippen molar-refractivity contribution in [3.05, 3.63) is 34.9 Å². The number of halogens is 1. The van der Waals surface area contributed by atoms with Gasteiger partial charge in [0.15, 0.2) is 0 Å². The van der Waals surface area contributed by atoms with E-state index in [0.29, 0.717) is 36.4 Å². The van der Waals surface area contributed by atoms with Gasteiger partial charge in [0.05, 0.1) is 19.1 Å². The van der Waals surface area contributed by atoms with Crippen LogP contribution in [0.1, 0.15) is 38.7 Å². The lowest BCUT2D eigenvalue weighted by molar-refractivity contribution is -0.100. The molecule has 0 radical (unpaired) electrons. The molecule has 2 fully saturated rings. The van der Waals surface area contributed by atoms with Gasteiger partial charge in [-0.05, 0) is 42.9 Å². The van der Waals surface area contributed by atoms with Crippen LogP contribution in [-0.2, 0) is 11.2 Å². The van der Waals surface area contributed by atoms with Crippen LogP contribution in [0.25, 0.3) is 0 Å². The van der Waals surface area contributed by atoms with E-state index in [4.69, 9.17) is 22.1 Å². The number of piperidine rings is 1. The summed E-state index contributed by atoms with van der Waals surface area (Å²) in [6, 6.07) is 9.23. The number of nitrogens with two attached hydrogens (primary N) is 1. The first-order valence-corrected chi connectivity index (χ1v) is 11.1. The van der Waals surface area contributed by atoms with Crippen LogP contribution in [0.2, 0.25) is 5.02 Å². The zero-order chi connectivity index (χ0) is 20.4. The number of likely N-dealkylation sites (tertiary alicyclic amines) is 1. The Balaban J connectivity index is 1.41. The molecule has 1 unspecified atom stereocenters. The van der Waals surface area contributed by atoms with Gasteiger partial charge < -0.3 is 15.4 Å². The van der Waals surface area contributed by atoms with Crippen molar-refractivity contribution in [3.8, 4) is 0 Å². The molecule has 0 spiro atoms. The number of hydrogen-bond donors (Lipinski definition) is 1. The summed E-state index contributed by atoms with van der Waals surface area (Å²) in [7, 11) is 0. The fourth-order valence-electron chi connectivity index (χ4n) is 4.64. The first-order valence-electron chi connectivity index (χ1n) is 10.7. The van der Waals surface area contributed by atoms with Gasteiger partial charge in [-0.15, -0.1) is 10.2 Å². The molecule has 2 saturated heterocycles. The molecule has 7 heteroatoms. The Morgan fingerprint density at radius 3 is 2.52 bits per heavy atom. The zero-order valence-electron chi connectivity index (χ0n) is 17.4. The molecule has 6 nitrogen and oxygen atoms in total. The molecule has 158 valence electrons. The molecular weight excluding hydrogens is 386 g/mol. The number of benzene rings is 1. The maximum atomic E-state index is 6.26. The predicted molar refractivity (Wildman–Crippen MR) is 118 cm³/mol. The van der Waals surface area contributed by atoms with Crippen molar-refractivity contribution in [2.45, 2.75) is 57.7 Å². The first kappa shape index (κ1) is 20.6. The van der Waals surface area contributed by atoms with Gasteiger partial charge in [0.25, 0.3) is 0 Å². The molecule has 2 atom stereocenters. The predicted octanol–water partition coefficient (Wildman–Crippen LogP) is 3.15. The number of morpholine rings is 1. The van der Waals surface area contributed by atoms with Crippen molar-refractivity contribution in [3.63, 3.8) is 0 Å². The van der Waals surface area contributed by atoms with Crippen molar-refractivity contribution < 1.29 is 4.74 Å². The summed E-state index contributed by atoms with van der Waals surface area (Å²) < 4.78 is 6.26. The molecule has 29 heavy (non-hydrogen) atoms. The van der Waals surface area contributed by atoms with Gasteiger partial charge in [-0.2, -0.15) is 0 Å². The van der Waals surface area contributed by atoms with E-state index in [2.05, 4.69) is 46.0 Å². The number of amidine groups is 2. The van der Waals surface area contributed by atoms with E-state index in [1.807, 2.05) is 12.1 Å². The van der Waals surface area contributed by atoms with Crippen LogP contribution in [0.4, 0.5) is 0 Å². The minimum absolute atomic E-state index is 0.307. The quantitative estimate of drug-likeness (QED) is 0.817. The SMILES string of the molecule is CC(C)[C@H]1CN(C2CCN(C3=NN=C(N)C3)CC2)C(Cc2ccc(Cl)cc2)CO1. The van der Waals surface area contributed by atoms with Crippen LogP contribution in [0, 0.1) is 5.92 Å². The Kier molecular flexibility index (Phi) is 6.42. The van der Waals surface area contributed by atoms with E-state index in [1.165, 1.54) is 5.56 Å². The van der Waals surface area contributed by atoms with Gasteiger partial charge in [0, 0.05) is 36.7 Å². The van der Waals surface area contributed by atoms with Crippen LogP contribution < -0.4 is 5.73 Å². The molecule has 2 N–H and O–H groups in total. The lowest BCUT2D eigenvalue weighted by Gasteiger charge is -2.47. The first-order chi connectivity index (χ1) is 14.0. The van der Waals surface area contributed by atoms with Gasteiger partial charge in [-0.25, -0.2) is 0 Å². The molecule has 0 saturated carbocycles. The van der Waals surface area contributed by atoms with Gasteiger partial charge in [0.2, 0.25) is 0 Å². The summed E-state index contributed by atoms with van der Waals surface area (Å²) in [5.74, 6) is 2.18. The fourth-order valence-corrected chi connectivity index (χ4v) is 4.77. The van der Waals surface area contributed by atoms with Crippen molar-refractivity contribution in [1.82, 2.24) is 9.80 Å². The summed E-state index contributed by atoms with van der Waals surface area (Å²) in [4.78, 5) is 5.08. The Morgan fingerprint density at radius 2 is 1.90 bits per heavy atom. The van der Waals surface area contributed by atoms with E-state index in [-0.39, 0.29) is 0 Å². The molecule has 1 aromatic carbocycles. The number of nitrogens with zero attached hydrogens (tertiary/aromatic N) is 4. The molecule has 4 rings (SSSR count). The highest BCUT2D eigenvalue weighted by Gasteiger charge is 2.36. The summed E-state index contributed by atoms with van der Waals surface area (Å²) >= 11 is 6.07. The fraction of sp³-hybridized carbons (Fsp3) is 0.636. The second kappa shape index (κ2) is 9.02. The minimum Gasteiger partial charge on any atom is -0.385 e. The van der Waals surface area contributed by atoms with Crippen molar-refractivity contribution >= 4 is 23.3 Å². The van der Waals surface area contributed by atoms with Gasteiger partial charge in [-0.3, -0.25) is 4.90 Å². The monoisotopic (exact) mass is 417 g/mol. The molecule has 0 aliphatic carbocycles. The molecule has 0 bridgehead atoms. The Hall–Kier alpha value is -1.63. The van der Waals surface area contributed by atoms with Crippen LogP contribution in [-0.4, -0.2) is 65.9 Å². The third-order valence-electron chi connectivity index (χ3n) is 6.42. The molecule has 3 heterocycles. The van der Waals surface area contributed by atoms with E-state index in [0.717, 1.165) is 56.4 Å². The minimum atomic E-state index is 0.307. The highest BCUT2D eigenvalue weighted by atomic mass is 35.5. The lowest BCUT2D eigenvalue weighted by atomic mass is 9.94. The summed E-state index contributed by atoms with van der Waals surface area (Å²) in [5.41, 5.74) is 7.12. The zero-order valence-corrected chi connectivity index (χ0v) is 18.2. The maximum absolute atomic E-state index is 6.26. The van der Waals surface area contributed by atoms with Crippen LogP contribution in [0.15, 0.2) is 34.5 Å². The molecule has 3 aliphatic rings. The number of ether oxygens (including phenoxy) is 1. The smallest absolute Gasteiger partial charge is 0.135 e. The second-order valence-electron chi connectivity index (χ2n) is 8.80. The third kappa shape index (κ3) is 4.93. The van der Waals surface area contributed by atoms with Crippen LogP contribution >= 0.6 is 11.6 Å². The van der Waals surface area contributed by atoms with Crippen molar-refractivity contribution in [1.29, 1.82) is 0 Å². The van der Waals surface area contributed by atoms with Crippen LogP contribution in [0.5, 0.6) is 0 Å². The molecule has 3 aliphatic heterocycles. The topological polar surface area (TPSA) is 66.5 Å². The van der Waals surface area contributed by atoms with E-state index < -0.39 is 0 Å². The average Bonchev–Trinajstić information content (AvgIpc) is 3.16. The van der Waals surface area contributed by atoms with E-state index in [9.17, 15) is 0 Å². The van der Waals surface area contributed by atoms with E-state index >= 15 is 0 Å². The highest BCUT2D eigenvalue weighted by molar-refractivity contribution is 6.30. The Labute approximate surface area is 178 Å². The second-order valence-corrected chi connectivity index (χ2v) is 9.24. The lowest BCUT2D eigenvalue weighted by Crippen LogP contribution is -2.58. The Bertz CT molecular complexity index is 755. The van der Waals surface area contributed by atoms with Crippen LogP contribution in [0.3, 0.4) is 0 Å². The largest absolute Gasteiger partial charge is 0.385 e. The summed E-state index contributed by atoms with van der Waals surface area (Å²) in [5, 5.41) is 9.04. The number of hydrogen-bond acceptors (Lipinski definition) is 6. The van der Waals surface area contributed by atoms with E-state index in [1.54, 1.807) is 0 Å². The molecule has 1 aromatic rings. The normalized spacial score (nSPS) is 26.7. The Morgan fingerprint density at radius 1 is 1.17 bits per heavy atom. The molecular formula is C22H32ClN5O. The van der Waals surface area contributed by atoms with Crippen molar-refractivity contribution in [2.24, 2.45) is 21.9 Å². The van der Waals surface area contributed by atoms with Gasteiger partial charge >= 0.3 is 0 Å². The average molecular weight is 418 g/mol. The van der Waals surface area contributed by atoms with Gasteiger partial charge in [0.1, 0.15) is 11.7 Å². The molecule has 0 aromatic heterocycles. The summed E-state index contributed by atoms with van der Waals surface area (Å²) in [6.07, 6.45) is 4.28. The summed E-state index contributed by atoms with van der Waals surface area (Å²) in [6.45, 7) is 8.36. The van der Waals surface area contributed by atoms with Crippen molar-refractivity contribution in [2.75, 3.05) is 26.2 Å².